The Kier molecular flexibility index (Phi) is 4.62. The van der Waals surface area contributed by atoms with E-state index in [4.69, 9.17) is 4.74 Å². The molecule has 1 aliphatic rings. The lowest BCUT2D eigenvalue weighted by atomic mass is 10.1. The summed E-state index contributed by atoms with van der Waals surface area (Å²) in [6.45, 7) is 3.62. The number of carbonyl (C=O) groups is 2. The minimum atomic E-state index is -0.710. The number of ether oxygens (including phenoxy) is 1. The number of aromatic nitrogens is 2. The normalized spacial score (nSPS) is 13.6. The van der Waals surface area contributed by atoms with Crippen LogP contribution in [0.4, 0.5) is 0 Å². The summed E-state index contributed by atoms with van der Waals surface area (Å²) in [5.41, 5.74) is 3.30. The van der Waals surface area contributed by atoms with Gasteiger partial charge in [-0.15, -0.1) is 11.8 Å². The third-order valence-corrected chi connectivity index (χ3v) is 4.96. The molecule has 1 aliphatic heterocycles. The van der Waals surface area contributed by atoms with Crippen molar-refractivity contribution in [1.82, 2.24) is 15.1 Å². The number of esters is 1. The molecule has 3 rings (SSSR count). The smallest absolute Gasteiger partial charge is 0.328 e. The van der Waals surface area contributed by atoms with Crippen LogP contribution in [0.2, 0.25) is 0 Å². The molecular weight excluding hydrogens is 326 g/mol. The van der Waals surface area contributed by atoms with Crippen LogP contribution in [0.3, 0.4) is 0 Å². The lowest BCUT2D eigenvalue weighted by Crippen LogP contribution is -2.40. The molecule has 0 aliphatic carbocycles. The maximum absolute atomic E-state index is 12.6. The van der Waals surface area contributed by atoms with Gasteiger partial charge < -0.3 is 10.1 Å². The first-order valence-electron chi connectivity index (χ1n) is 7.78. The Morgan fingerprint density at radius 3 is 2.92 bits per heavy atom. The number of nitrogens with zero attached hydrogens (tertiary/aromatic N) is 2. The van der Waals surface area contributed by atoms with Gasteiger partial charge in [0.25, 0.3) is 5.91 Å². The predicted octanol–water partition coefficient (Wildman–Crippen LogP) is 2.37. The number of aryl methyl sites for hydroxylation is 1. The van der Waals surface area contributed by atoms with E-state index < -0.39 is 12.0 Å². The largest absolute Gasteiger partial charge is 0.464 e. The van der Waals surface area contributed by atoms with Crippen molar-refractivity contribution in [3.63, 3.8) is 0 Å². The van der Waals surface area contributed by atoms with Gasteiger partial charge in [-0.25, -0.2) is 4.79 Å². The summed E-state index contributed by atoms with van der Waals surface area (Å²) in [5, 5.41) is 7.06. The molecule has 0 saturated carbocycles. The van der Waals surface area contributed by atoms with E-state index in [1.807, 2.05) is 25.2 Å². The second-order valence-electron chi connectivity index (χ2n) is 5.53. The average Bonchev–Trinajstić information content (AvgIpc) is 2.92. The Labute approximate surface area is 144 Å². The molecule has 7 heteroatoms. The zero-order valence-corrected chi connectivity index (χ0v) is 14.6. The molecule has 1 amide bonds. The maximum atomic E-state index is 12.6. The molecule has 2 aromatic rings. The standard InChI is InChI=1S/C17H19N3O3S/c1-4-23-17(22)10(2)18-16(21)14-12-9-24-13-8-6-5-7-11(13)15(12)20(3)19-14/h5-8,10H,4,9H2,1-3H3,(H,18,21). The number of hydrogen-bond donors (Lipinski definition) is 1. The first-order chi connectivity index (χ1) is 11.5. The minimum absolute atomic E-state index is 0.283. The van der Waals surface area contributed by atoms with Gasteiger partial charge in [0.2, 0.25) is 0 Å². The fraction of sp³-hybridized carbons (Fsp3) is 0.353. The summed E-state index contributed by atoms with van der Waals surface area (Å²) in [6.07, 6.45) is 0. The Morgan fingerprint density at radius 1 is 1.42 bits per heavy atom. The molecule has 0 spiro atoms. The number of fused-ring (bicyclic) bond motifs is 3. The van der Waals surface area contributed by atoms with Gasteiger partial charge in [0.1, 0.15) is 6.04 Å². The summed E-state index contributed by atoms with van der Waals surface area (Å²) in [7, 11) is 1.83. The fourth-order valence-electron chi connectivity index (χ4n) is 2.75. The van der Waals surface area contributed by atoms with Gasteiger partial charge in [-0.2, -0.15) is 5.10 Å². The molecular formula is C17H19N3O3S. The first-order valence-corrected chi connectivity index (χ1v) is 8.77. The number of benzene rings is 1. The second kappa shape index (κ2) is 6.68. The number of amides is 1. The van der Waals surface area contributed by atoms with Crippen molar-refractivity contribution >= 4 is 23.6 Å². The highest BCUT2D eigenvalue weighted by molar-refractivity contribution is 7.98. The van der Waals surface area contributed by atoms with Crippen molar-refractivity contribution in [2.75, 3.05) is 6.61 Å². The second-order valence-corrected chi connectivity index (χ2v) is 6.55. The molecule has 24 heavy (non-hydrogen) atoms. The van der Waals surface area contributed by atoms with Crippen LogP contribution in [0.15, 0.2) is 29.2 Å². The van der Waals surface area contributed by atoms with Crippen LogP contribution in [0.25, 0.3) is 11.3 Å². The Bertz CT molecular complexity index is 800. The van der Waals surface area contributed by atoms with Gasteiger partial charge in [0.15, 0.2) is 5.69 Å². The molecule has 1 atom stereocenters. The SMILES string of the molecule is CCOC(=O)C(C)NC(=O)c1nn(C)c2c1CSc1ccccc1-2. The van der Waals surface area contributed by atoms with Crippen LogP contribution in [0.1, 0.15) is 29.9 Å². The van der Waals surface area contributed by atoms with E-state index in [-0.39, 0.29) is 12.5 Å². The number of thioether (sulfide) groups is 1. The summed E-state index contributed by atoms with van der Waals surface area (Å²) in [5.74, 6) is -0.126. The molecule has 1 unspecified atom stereocenters. The van der Waals surface area contributed by atoms with Crippen molar-refractivity contribution in [3.05, 3.63) is 35.5 Å². The predicted molar refractivity (Wildman–Crippen MR) is 91.8 cm³/mol. The van der Waals surface area contributed by atoms with Gasteiger partial charge in [-0.3, -0.25) is 9.48 Å². The van der Waals surface area contributed by atoms with Crippen molar-refractivity contribution in [1.29, 1.82) is 0 Å². The number of carbonyl (C=O) groups excluding carboxylic acids is 2. The van der Waals surface area contributed by atoms with E-state index in [2.05, 4.69) is 16.5 Å². The quantitative estimate of drug-likeness (QED) is 0.861. The van der Waals surface area contributed by atoms with E-state index in [0.29, 0.717) is 11.4 Å². The van der Waals surface area contributed by atoms with Crippen LogP contribution < -0.4 is 5.32 Å². The van der Waals surface area contributed by atoms with Gasteiger partial charge in [0.05, 0.1) is 12.3 Å². The number of rotatable bonds is 4. The average molecular weight is 345 g/mol. The third-order valence-electron chi connectivity index (χ3n) is 3.86. The van der Waals surface area contributed by atoms with E-state index in [1.165, 1.54) is 4.90 Å². The molecule has 1 aromatic carbocycles. The van der Waals surface area contributed by atoms with Gasteiger partial charge in [-0.1, -0.05) is 18.2 Å². The van der Waals surface area contributed by atoms with E-state index in [0.717, 1.165) is 16.8 Å². The Hall–Kier alpha value is -2.28. The maximum Gasteiger partial charge on any atom is 0.328 e. The molecule has 0 radical (unpaired) electrons. The lowest BCUT2D eigenvalue weighted by Gasteiger charge is -2.17. The minimum Gasteiger partial charge on any atom is -0.464 e. The van der Waals surface area contributed by atoms with E-state index in [9.17, 15) is 9.59 Å². The molecule has 1 N–H and O–H groups in total. The highest BCUT2D eigenvalue weighted by Crippen LogP contribution is 2.42. The van der Waals surface area contributed by atoms with E-state index >= 15 is 0 Å². The molecule has 126 valence electrons. The van der Waals surface area contributed by atoms with Crippen molar-refractivity contribution < 1.29 is 14.3 Å². The van der Waals surface area contributed by atoms with Gasteiger partial charge in [0, 0.05) is 28.8 Å². The molecule has 6 nitrogen and oxygen atoms in total. The fourth-order valence-corrected chi connectivity index (χ4v) is 3.82. The molecule has 0 bridgehead atoms. The molecule has 1 aromatic heterocycles. The number of hydrogen-bond acceptors (Lipinski definition) is 5. The summed E-state index contributed by atoms with van der Waals surface area (Å²) in [4.78, 5) is 25.4. The summed E-state index contributed by atoms with van der Waals surface area (Å²) in [6, 6.07) is 7.37. The van der Waals surface area contributed by atoms with E-state index in [1.54, 1.807) is 30.3 Å². The van der Waals surface area contributed by atoms with Crippen LogP contribution >= 0.6 is 11.8 Å². The monoisotopic (exact) mass is 345 g/mol. The first kappa shape index (κ1) is 16.6. The van der Waals surface area contributed by atoms with Crippen LogP contribution in [0.5, 0.6) is 0 Å². The van der Waals surface area contributed by atoms with Crippen LogP contribution in [-0.2, 0) is 22.3 Å². The zero-order valence-electron chi connectivity index (χ0n) is 13.8. The Balaban J connectivity index is 1.90. The zero-order chi connectivity index (χ0) is 17.3. The molecule has 2 heterocycles. The highest BCUT2D eigenvalue weighted by atomic mass is 32.2. The third kappa shape index (κ3) is 2.91. The summed E-state index contributed by atoms with van der Waals surface area (Å²) < 4.78 is 6.66. The van der Waals surface area contributed by atoms with Crippen molar-refractivity contribution in [2.45, 2.75) is 30.5 Å². The van der Waals surface area contributed by atoms with Gasteiger partial charge in [-0.05, 0) is 19.9 Å². The molecule has 0 saturated heterocycles. The van der Waals surface area contributed by atoms with Crippen molar-refractivity contribution in [2.24, 2.45) is 7.05 Å². The lowest BCUT2D eigenvalue weighted by molar-refractivity contribution is -0.144. The van der Waals surface area contributed by atoms with Crippen LogP contribution in [0, 0.1) is 0 Å². The van der Waals surface area contributed by atoms with Crippen molar-refractivity contribution in [3.8, 4) is 11.3 Å². The Morgan fingerprint density at radius 2 is 2.17 bits per heavy atom. The van der Waals surface area contributed by atoms with Gasteiger partial charge >= 0.3 is 5.97 Å². The number of nitrogens with one attached hydrogen (secondary N) is 1. The molecule has 0 fully saturated rings. The topological polar surface area (TPSA) is 73.2 Å². The van der Waals surface area contributed by atoms with Crippen LogP contribution in [-0.4, -0.2) is 34.3 Å². The summed E-state index contributed by atoms with van der Waals surface area (Å²) >= 11 is 1.68. The highest BCUT2D eigenvalue weighted by Gasteiger charge is 2.28.